The van der Waals surface area contributed by atoms with Gasteiger partial charge in [0.05, 0.1) is 12.5 Å². The van der Waals surface area contributed by atoms with Crippen LogP contribution < -0.4 is 5.32 Å². The summed E-state index contributed by atoms with van der Waals surface area (Å²) >= 11 is 0. The molecule has 6 nitrogen and oxygen atoms in total. The molecule has 3 atom stereocenters. The van der Waals surface area contributed by atoms with Crippen LogP contribution in [0.5, 0.6) is 0 Å². The van der Waals surface area contributed by atoms with Crippen molar-refractivity contribution in [3.8, 4) is 0 Å². The fourth-order valence-electron chi connectivity index (χ4n) is 3.10. The van der Waals surface area contributed by atoms with Crippen molar-refractivity contribution in [3.05, 3.63) is 35.9 Å². The lowest BCUT2D eigenvalue weighted by molar-refractivity contribution is -0.148. The van der Waals surface area contributed by atoms with Gasteiger partial charge < -0.3 is 19.7 Å². The summed E-state index contributed by atoms with van der Waals surface area (Å²) in [6, 6.07) is 9.89. The van der Waals surface area contributed by atoms with Gasteiger partial charge in [-0.25, -0.2) is 4.79 Å². The molecule has 2 rings (SSSR count). The minimum Gasteiger partial charge on any atom is -0.466 e. The average Bonchev–Trinajstić information content (AvgIpc) is 2.98. The van der Waals surface area contributed by atoms with Gasteiger partial charge in [0.25, 0.3) is 0 Å². The normalized spacial score (nSPS) is 20.6. The van der Waals surface area contributed by atoms with Crippen LogP contribution in [-0.4, -0.2) is 48.3 Å². The molecule has 152 valence electrons. The average molecular weight is 399 g/mol. The third-order valence-corrected chi connectivity index (χ3v) is 4.32. The molecule has 0 aromatic heterocycles. The number of likely N-dealkylation sites (tertiary alicyclic amines) is 1. The van der Waals surface area contributed by atoms with Gasteiger partial charge in [0.15, 0.2) is 0 Å². The highest BCUT2D eigenvalue weighted by molar-refractivity contribution is 5.85. The van der Waals surface area contributed by atoms with Crippen molar-refractivity contribution in [2.24, 2.45) is 5.92 Å². The fraction of sp³-hybridized carbons (Fsp3) is 0.600. The molecule has 1 aliphatic heterocycles. The van der Waals surface area contributed by atoms with Crippen molar-refractivity contribution in [2.45, 2.75) is 52.3 Å². The van der Waals surface area contributed by atoms with Gasteiger partial charge in [-0.05, 0) is 40.2 Å². The monoisotopic (exact) mass is 398 g/mol. The van der Waals surface area contributed by atoms with Crippen LogP contribution in [0.3, 0.4) is 0 Å². The second-order valence-electron chi connectivity index (χ2n) is 7.65. The van der Waals surface area contributed by atoms with Gasteiger partial charge in [-0.2, -0.15) is 0 Å². The van der Waals surface area contributed by atoms with Gasteiger partial charge in [0.1, 0.15) is 5.60 Å². The Balaban J connectivity index is 0.00000364. The number of benzene rings is 1. The summed E-state index contributed by atoms with van der Waals surface area (Å²) in [7, 11) is 0. The standard InChI is InChI=1S/C20H30N2O4.ClH/c1-6-25-18(23)16-12-22(19(24)26-20(3,4)5)13-17(16)21-14(2)15-10-8-7-9-11-15;/h7-11,14,16-17,21H,6,12-13H2,1-5H3;1H/t14-,16-,17-;/m1./s1. The van der Waals surface area contributed by atoms with Gasteiger partial charge >= 0.3 is 12.1 Å². The summed E-state index contributed by atoms with van der Waals surface area (Å²) in [6.45, 7) is 10.4. The molecule has 1 amide bonds. The van der Waals surface area contributed by atoms with E-state index in [1.807, 2.05) is 58.0 Å². The Labute approximate surface area is 168 Å². The third-order valence-electron chi connectivity index (χ3n) is 4.32. The van der Waals surface area contributed by atoms with Crippen molar-refractivity contribution >= 4 is 24.5 Å². The Morgan fingerprint density at radius 2 is 1.85 bits per heavy atom. The number of halogens is 1. The van der Waals surface area contributed by atoms with E-state index >= 15 is 0 Å². The number of rotatable bonds is 5. The fourth-order valence-corrected chi connectivity index (χ4v) is 3.10. The number of carbonyl (C=O) groups is 2. The van der Waals surface area contributed by atoms with Crippen LogP contribution in [0, 0.1) is 5.92 Å². The molecule has 0 bridgehead atoms. The van der Waals surface area contributed by atoms with Crippen LogP contribution in [0.2, 0.25) is 0 Å². The minimum atomic E-state index is -0.570. The highest BCUT2D eigenvalue weighted by Gasteiger charge is 2.42. The molecule has 0 saturated carbocycles. The number of ether oxygens (including phenoxy) is 2. The number of hydrogen-bond acceptors (Lipinski definition) is 5. The lowest BCUT2D eigenvalue weighted by Crippen LogP contribution is -2.41. The Hall–Kier alpha value is -1.79. The maximum absolute atomic E-state index is 12.4. The van der Waals surface area contributed by atoms with Gasteiger partial charge in [-0.3, -0.25) is 4.79 Å². The molecule has 1 N–H and O–H groups in total. The van der Waals surface area contributed by atoms with E-state index in [0.717, 1.165) is 5.56 Å². The molecule has 1 fully saturated rings. The molecule has 0 unspecified atom stereocenters. The van der Waals surface area contributed by atoms with Crippen LogP contribution >= 0.6 is 12.4 Å². The van der Waals surface area contributed by atoms with Crippen LogP contribution in [0.15, 0.2) is 30.3 Å². The summed E-state index contributed by atoms with van der Waals surface area (Å²) in [6.07, 6.45) is -0.400. The van der Waals surface area contributed by atoms with E-state index < -0.39 is 17.6 Å². The third kappa shape index (κ3) is 6.70. The number of carbonyl (C=O) groups excluding carboxylic acids is 2. The molecular weight excluding hydrogens is 368 g/mol. The van der Waals surface area contributed by atoms with Crippen LogP contribution in [-0.2, 0) is 14.3 Å². The quantitative estimate of drug-likeness (QED) is 0.768. The molecule has 0 spiro atoms. The van der Waals surface area contributed by atoms with E-state index in [1.165, 1.54) is 0 Å². The van der Waals surface area contributed by atoms with Crippen molar-refractivity contribution in [2.75, 3.05) is 19.7 Å². The van der Waals surface area contributed by atoms with E-state index in [0.29, 0.717) is 19.7 Å². The highest BCUT2D eigenvalue weighted by Crippen LogP contribution is 2.24. The highest BCUT2D eigenvalue weighted by atomic mass is 35.5. The van der Waals surface area contributed by atoms with Crippen LogP contribution in [0.4, 0.5) is 4.79 Å². The summed E-state index contributed by atoms with van der Waals surface area (Å²) < 4.78 is 10.7. The first-order valence-corrected chi connectivity index (χ1v) is 9.17. The first-order chi connectivity index (χ1) is 12.2. The minimum absolute atomic E-state index is 0. The summed E-state index contributed by atoms with van der Waals surface area (Å²) in [4.78, 5) is 26.4. The molecule has 1 heterocycles. The summed E-state index contributed by atoms with van der Waals surface area (Å²) in [5.74, 6) is -0.690. The molecule has 1 aromatic carbocycles. The molecule has 1 aromatic rings. The second-order valence-corrected chi connectivity index (χ2v) is 7.65. The Bertz CT molecular complexity index is 618. The van der Waals surface area contributed by atoms with Crippen molar-refractivity contribution < 1.29 is 19.1 Å². The van der Waals surface area contributed by atoms with Crippen LogP contribution in [0.25, 0.3) is 0 Å². The molecule has 1 aliphatic rings. The number of esters is 1. The molecule has 1 saturated heterocycles. The van der Waals surface area contributed by atoms with E-state index in [4.69, 9.17) is 9.47 Å². The largest absolute Gasteiger partial charge is 0.466 e. The Kier molecular flexibility index (Phi) is 8.57. The summed E-state index contributed by atoms with van der Waals surface area (Å²) in [5, 5.41) is 3.48. The molecule has 7 heteroatoms. The predicted octanol–water partition coefficient (Wildman–Crippen LogP) is 3.56. The number of hydrogen-bond donors (Lipinski definition) is 1. The Morgan fingerprint density at radius 1 is 1.22 bits per heavy atom. The number of amides is 1. The SMILES string of the molecule is CCOC(=O)[C@@H]1CN(C(=O)OC(C)(C)C)C[C@H]1N[C@H](C)c1ccccc1.Cl. The molecular formula is C20H31ClN2O4. The van der Waals surface area contributed by atoms with Crippen molar-refractivity contribution in [1.29, 1.82) is 0 Å². The zero-order valence-electron chi connectivity index (χ0n) is 16.7. The number of nitrogens with zero attached hydrogens (tertiary/aromatic N) is 1. The summed E-state index contributed by atoms with van der Waals surface area (Å²) in [5.41, 5.74) is 0.560. The van der Waals surface area contributed by atoms with Crippen LogP contribution in [0.1, 0.15) is 46.2 Å². The molecule has 0 aliphatic carbocycles. The zero-order valence-corrected chi connectivity index (χ0v) is 17.5. The topological polar surface area (TPSA) is 67.9 Å². The number of nitrogens with one attached hydrogen (secondary N) is 1. The van der Waals surface area contributed by atoms with E-state index in [2.05, 4.69) is 5.32 Å². The predicted molar refractivity (Wildman–Crippen MR) is 107 cm³/mol. The van der Waals surface area contributed by atoms with E-state index in [9.17, 15) is 9.59 Å². The van der Waals surface area contributed by atoms with Crippen molar-refractivity contribution in [1.82, 2.24) is 10.2 Å². The van der Waals surface area contributed by atoms with E-state index in [1.54, 1.807) is 11.8 Å². The smallest absolute Gasteiger partial charge is 0.410 e. The van der Waals surface area contributed by atoms with Gasteiger partial charge in [0, 0.05) is 25.2 Å². The van der Waals surface area contributed by atoms with E-state index in [-0.39, 0.29) is 30.5 Å². The van der Waals surface area contributed by atoms with Gasteiger partial charge in [-0.15, -0.1) is 12.4 Å². The van der Waals surface area contributed by atoms with Gasteiger partial charge in [-0.1, -0.05) is 30.3 Å². The van der Waals surface area contributed by atoms with Crippen molar-refractivity contribution in [3.63, 3.8) is 0 Å². The lowest BCUT2D eigenvalue weighted by Gasteiger charge is -2.25. The lowest BCUT2D eigenvalue weighted by atomic mass is 10.0. The first-order valence-electron chi connectivity index (χ1n) is 9.17. The Morgan fingerprint density at radius 3 is 2.41 bits per heavy atom. The first kappa shape index (κ1) is 23.2. The van der Waals surface area contributed by atoms with Gasteiger partial charge in [0.2, 0.25) is 0 Å². The maximum Gasteiger partial charge on any atom is 0.410 e. The molecule has 27 heavy (non-hydrogen) atoms. The maximum atomic E-state index is 12.4. The second kappa shape index (κ2) is 9.95. The zero-order chi connectivity index (χ0) is 19.3. The molecule has 0 radical (unpaired) electrons.